The third kappa shape index (κ3) is 8.64. The topological polar surface area (TPSA) is 110 Å². The Hall–Kier alpha value is -3.21. The fourth-order valence-corrected chi connectivity index (χ4v) is 4.63. The molecule has 1 fully saturated rings. The second kappa shape index (κ2) is 13.7. The molecule has 2 aliphatic rings. The van der Waals surface area contributed by atoms with Crippen LogP contribution >= 0.6 is 0 Å². The van der Waals surface area contributed by atoms with Crippen molar-refractivity contribution in [3.63, 3.8) is 0 Å². The summed E-state index contributed by atoms with van der Waals surface area (Å²) in [5, 5.41) is 10.8. The largest absolute Gasteiger partial charge is 0.463 e. The molecule has 1 saturated heterocycles. The molecule has 0 N–H and O–H groups in total. The molecule has 212 valence electrons. The third-order valence-electron chi connectivity index (χ3n) is 6.75. The highest BCUT2D eigenvalue weighted by molar-refractivity contribution is 5.70. The first-order chi connectivity index (χ1) is 18.8. The van der Waals surface area contributed by atoms with Crippen LogP contribution in [0.5, 0.6) is 5.75 Å². The van der Waals surface area contributed by atoms with Gasteiger partial charge in [-0.15, -0.1) is 0 Å². The molecule has 1 amide bonds. The Kier molecular flexibility index (Phi) is 10.1. The van der Waals surface area contributed by atoms with Crippen molar-refractivity contribution in [3.8, 4) is 5.75 Å². The highest BCUT2D eigenvalue weighted by Crippen LogP contribution is 2.35. The van der Waals surface area contributed by atoms with E-state index in [0.717, 1.165) is 54.5 Å². The van der Waals surface area contributed by atoms with Crippen LogP contribution in [-0.4, -0.2) is 54.6 Å². The molecule has 10 heteroatoms. The second-order valence-corrected chi connectivity index (χ2v) is 10.3. The average Bonchev–Trinajstić information content (AvgIpc) is 3.28. The molecule has 2 aliphatic heterocycles. The van der Waals surface area contributed by atoms with E-state index in [1.54, 1.807) is 17.0 Å². The van der Waals surface area contributed by atoms with Gasteiger partial charge in [-0.05, 0) is 36.1 Å². The molecule has 39 heavy (non-hydrogen) atoms. The minimum Gasteiger partial charge on any atom is -0.463 e. The number of amides is 1. The predicted molar refractivity (Wildman–Crippen MR) is 143 cm³/mol. The van der Waals surface area contributed by atoms with Crippen LogP contribution in [0.25, 0.3) is 0 Å². The molecule has 0 aromatic heterocycles. The fraction of sp³-hybridized carbons (Fsp3) is 0.552. The van der Waals surface area contributed by atoms with E-state index in [0.29, 0.717) is 46.1 Å². The molecule has 1 unspecified atom stereocenters. The lowest BCUT2D eigenvalue weighted by atomic mass is 10.0. The van der Waals surface area contributed by atoms with Gasteiger partial charge in [0.2, 0.25) is 5.79 Å². The Morgan fingerprint density at radius 2 is 1.82 bits per heavy atom. The number of nitro benzene ring substituents is 1. The molecule has 0 bridgehead atoms. The number of fused-ring (bicyclic) bond motifs is 1. The van der Waals surface area contributed by atoms with Gasteiger partial charge in [0.1, 0.15) is 11.9 Å². The predicted octanol–water partition coefficient (Wildman–Crippen LogP) is 5.92. The van der Waals surface area contributed by atoms with E-state index in [1.807, 2.05) is 32.0 Å². The minimum absolute atomic E-state index is 0.0677. The lowest BCUT2D eigenvalue weighted by molar-refractivity contribution is -0.384. The van der Waals surface area contributed by atoms with Crippen molar-refractivity contribution in [3.05, 3.63) is 69.3 Å². The van der Waals surface area contributed by atoms with Crippen molar-refractivity contribution in [2.24, 2.45) is 0 Å². The number of cyclic esters (lactones) is 1. The van der Waals surface area contributed by atoms with Crippen LogP contribution in [0.1, 0.15) is 68.7 Å². The van der Waals surface area contributed by atoms with Crippen molar-refractivity contribution in [1.29, 1.82) is 0 Å². The molecule has 1 atom stereocenters. The Morgan fingerprint density at radius 1 is 1.03 bits per heavy atom. The SMILES string of the molecule is CC1(C)OCc2cc(C3CN(CCCCCCCOCCOCc4cccc([N+](=O)[O-])c4)C(=O)O3)ccc2O1. The number of ether oxygens (including phenoxy) is 5. The van der Waals surface area contributed by atoms with E-state index >= 15 is 0 Å². The second-order valence-electron chi connectivity index (χ2n) is 10.3. The molecule has 2 aromatic rings. The van der Waals surface area contributed by atoms with E-state index < -0.39 is 10.7 Å². The van der Waals surface area contributed by atoms with Gasteiger partial charge in [-0.25, -0.2) is 4.79 Å². The summed E-state index contributed by atoms with van der Waals surface area (Å²) in [5.41, 5.74) is 2.78. The zero-order valence-electron chi connectivity index (χ0n) is 22.8. The maximum atomic E-state index is 12.4. The van der Waals surface area contributed by atoms with Crippen LogP contribution in [0.3, 0.4) is 0 Å². The zero-order chi connectivity index (χ0) is 27.7. The van der Waals surface area contributed by atoms with Crippen molar-refractivity contribution >= 4 is 11.8 Å². The number of non-ortho nitro benzene ring substituents is 1. The fourth-order valence-electron chi connectivity index (χ4n) is 4.63. The molecule has 2 heterocycles. The summed E-state index contributed by atoms with van der Waals surface area (Å²) in [6.45, 7) is 7.44. The monoisotopic (exact) mass is 542 g/mol. The summed E-state index contributed by atoms with van der Waals surface area (Å²) < 4.78 is 28.4. The van der Waals surface area contributed by atoms with E-state index in [4.69, 9.17) is 23.7 Å². The summed E-state index contributed by atoms with van der Waals surface area (Å²) in [7, 11) is 0. The maximum Gasteiger partial charge on any atom is 0.410 e. The van der Waals surface area contributed by atoms with Gasteiger partial charge < -0.3 is 28.6 Å². The third-order valence-corrected chi connectivity index (χ3v) is 6.75. The van der Waals surface area contributed by atoms with Crippen molar-refractivity contribution in [2.45, 2.75) is 71.1 Å². The normalized spacial score (nSPS) is 17.9. The van der Waals surface area contributed by atoms with Crippen molar-refractivity contribution in [1.82, 2.24) is 4.90 Å². The summed E-state index contributed by atoms with van der Waals surface area (Å²) in [6.07, 6.45) is 4.58. The first-order valence-electron chi connectivity index (χ1n) is 13.6. The number of nitrogens with zero attached hydrogens (tertiary/aromatic N) is 2. The Morgan fingerprint density at radius 3 is 2.67 bits per heavy atom. The molecule has 2 aromatic carbocycles. The maximum absolute atomic E-state index is 12.4. The highest BCUT2D eigenvalue weighted by atomic mass is 16.7. The van der Waals surface area contributed by atoms with E-state index in [1.165, 1.54) is 12.1 Å². The van der Waals surface area contributed by atoms with Gasteiger partial charge in [0.05, 0.1) is 37.9 Å². The molecular weight excluding hydrogens is 504 g/mol. The molecule has 0 spiro atoms. The average molecular weight is 543 g/mol. The van der Waals surface area contributed by atoms with Crippen LogP contribution in [0.2, 0.25) is 0 Å². The van der Waals surface area contributed by atoms with Crippen LogP contribution < -0.4 is 4.74 Å². The number of carbonyl (C=O) groups is 1. The zero-order valence-corrected chi connectivity index (χ0v) is 22.8. The number of carbonyl (C=O) groups excluding carboxylic acids is 1. The minimum atomic E-state index is -0.633. The molecular formula is C29H38N2O8. The van der Waals surface area contributed by atoms with Crippen LogP contribution in [-0.2, 0) is 32.2 Å². The van der Waals surface area contributed by atoms with E-state index in [9.17, 15) is 14.9 Å². The number of benzene rings is 2. The summed E-state index contributed by atoms with van der Waals surface area (Å²) in [5.74, 6) is 0.180. The summed E-state index contributed by atoms with van der Waals surface area (Å²) >= 11 is 0. The molecule has 10 nitrogen and oxygen atoms in total. The highest BCUT2D eigenvalue weighted by Gasteiger charge is 2.33. The molecule has 4 rings (SSSR count). The van der Waals surface area contributed by atoms with Crippen molar-refractivity contribution in [2.75, 3.05) is 32.9 Å². The number of rotatable bonds is 15. The van der Waals surface area contributed by atoms with E-state index in [-0.39, 0.29) is 17.9 Å². The molecule has 0 aliphatic carbocycles. The first kappa shape index (κ1) is 28.8. The first-order valence-corrected chi connectivity index (χ1v) is 13.6. The lowest BCUT2D eigenvalue weighted by Gasteiger charge is -2.32. The lowest BCUT2D eigenvalue weighted by Crippen LogP contribution is -2.35. The van der Waals surface area contributed by atoms with Gasteiger partial charge in [-0.1, -0.05) is 37.5 Å². The number of hydrogen-bond acceptors (Lipinski definition) is 8. The molecule has 0 saturated carbocycles. The van der Waals surface area contributed by atoms with Crippen LogP contribution in [0.4, 0.5) is 10.5 Å². The standard InChI is InChI=1S/C29H38N2O8/c1-29(2)37-21-24-18-23(11-12-26(24)39-29)27-19-30(28(32)38-27)13-6-4-3-5-7-14-35-15-16-36-20-22-9-8-10-25(17-22)31(33)34/h8-12,17-18,27H,3-7,13-16,19-21H2,1-2H3. The Labute approximate surface area is 229 Å². The van der Waals surface area contributed by atoms with Gasteiger partial charge >= 0.3 is 6.09 Å². The van der Waals surface area contributed by atoms with Crippen LogP contribution in [0, 0.1) is 10.1 Å². The smallest absolute Gasteiger partial charge is 0.410 e. The number of nitro groups is 1. The Bertz CT molecular complexity index is 1120. The van der Waals surface area contributed by atoms with Crippen molar-refractivity contribution < 1.29 is 33.4 Å². The number of hydrogen-bond donors (Lipinski definition) is 0. The van der Waals surface area contributed by atoms with Gasteiger partial charge in [0.15, 0.2) is 0 Å². The number of unbranched alkanes of at least 4 members (excludes halogenated alkanes) is 4. The van der Waals surface area contributed by atoms with Gasteiger partial charge in [0.25, 0.3) is 5.69 Å². The van der Waals surface area contributed by atoms with Crippen LogP contribution in [0.15, 0.2) is 42.5 Å². The van der Waals surface area contributed by atoms with Gasteiger partial charge in [0, 0.05) is 44.7 Å². The molecule has 0 radical (unpaired) electrons. The Balaban J connectivity index is 1.02. The van der Waals surface area contributed by atoms with Gasteiger partial charge in [-0.2, -0.15) is 0 Å². The summed E-state index contributed by atoms with van der Waals surface area (Å²) in [4.78, 5) is 24.6. The summed E-state index contributed by atoms with van der Waals surface area (Å²) in [6, 6.07) is 12.4. The van der Waals surface area contributed by atoms with E-state index in [2.05, 4.69) is 0 Å². The van der Waals surface area contributed by atoms with Gasteiger partial charge in [-0.3, -0.25) is 10.1 Å². The quantitative estimate of drug-likeness (QED) is 0.155.